The predicted octanol–water partition coefficient (Wildman–Crippen LogP) is 5.30. The number of hydrogen-bond donors (Lipinski definition) is 1. The fourth-order valence-corrected chi connectivity index (χ4v) is 3.06. The third-order valence-electron chi connectivity index (χ3n) is 4.58. The average Bonchev–Trinajstić information content (AvgIpc) is 3.16. The normalized spacial score (nSPS) is 12.5. The Morgan fingerprint density at radius 2 is 1.76 bits per heavy atom. The lowest BCUT2D eigenvalue weighted by Crippen LogP contribution is -2.10. The minimum Gasteiger partial charge on any atom is -0.411 e. The Bertz CT molecular complexity index is 1230. The summed E-state index contributed by atoms with van der Waals surface area (Å²) in [6.07, 6.45) is -2.95. The number of rotatable bonds is 3. The van der Waals surface area contributed by atoms with Crippen molar-refractivity contribution in [2.24, 2.45) is 5.16 Å². The number of benzene rings is 2. The second-order valence-corrected chi connectivity index (χ2v) is 6.47. The zero-order valence-electron chi connectivity index (χ0n) is 15.2. The first-order chi connectivity index (χ1) is 13.9. The monoisotopic (exact) mass is 396 g/mol. The van der Waals surface area contributed by atoms with Gasteiger partial charge in [0.15, 0.2) is 5.82 Å². The molecular formula is C21H15F3N4O. The van der Waals surface area contributed by atoms with Crippen LogP contribution in [0.15, 0.2) is 72.0 Å². The maximum atomic E-state index is 13.0. The molecule has 29 heavy (non-hydrogen) atoms. The molecule has 2 aromatic heterocycles. The molecule has 1 N–H and O–H groups in total. The van der Waals surface area contributed by atoms with Crippen LogP contribution in [0.1, 0.15) is 18.2 Å². The van der Waals surface area contributed by atoms with Crippen molar-refractivity contribution in [2.45, 2.75) is 13.1 Å². The van der Waals surface area contributed by atoms with Crippen LogP contribution in [0.25, 0.3) is 27.8 Å². The Morgan fingerprint density at radius 3 is 2.52 bits per heavy atom. The molecule has 0 bridgehead atoms. The van der Waals surface area contributed by atoms with Crippen molar-refractivity contribution >= 4 is 16.6 Å². The molecule has 0 aliphatic heterocycles. The summed E-state index contributed by atoms with van der Waals surface area (Å²) in [6, 6.07) is 16.8. The van der Waals surface area contributed by atoms with Crippen LogP contribution in [0.3, 0.4) is 0 Å². The average molecular weight is 396 g/mol. The maximum absolute atomic E-state index is 13.0. The van der Waals surface area contributed by atoms with Gasteiger partial charge in [-0.05, 0) is 47.9 Å². The van der Waals surface area contributed by atoms with Gasteiger partial charge in [0.05, 0.1) is 17.4 Å². The molecule has 2 aromatic carbocycles. The fourth-order valence-electron chi connectivity index (χ4n) is 3.06. The third-order valence-corrected chi connectivity index (χ3v) is 4.58. The van der Waals surface area contributed by atoms with Crippen molar-refractivity contribution in [3.05, 3.63) is 78.1 Å². The first-order valence-corrected chi connectivity index (χ1v) is 8.69. The Kier molecular flexibility index (Phi) is 4.54. The molecule has 0 unspecified atom stereocenters. The summed E-state index contributed by atoms with van der Waals surface area (Å²) in [5.74, 6) is 0.0870. The molecule has 2 heterocycles. The number of aromatic nitrogens is 3. The molecule has 0 saturated carbocycles. The summed E-state index contributed by atoms with van der Waals surface area (Å²) in [4.78, 5) is 3.72. The largest absolute Gasteiger partial charge is 0.433 e. The molecule has 0 spiro atoms. The van der Waals surface area contributed by atoms with E-state index in [0.717, 1.165) is 28.1 Å². The first kappa shape index (κ1) is 18.7. The van der Waals surface area contributed by atoms with Gasteiger partial charge in [0.1, 0.15) is 5.69 Å². The molecule has 5 nitrogen and oxygen atoms in total. The highest BCUT2D eigenvalue weighted by atomic mass is 19.4. The quantitative estimate of drug-likeness (QED) is 0.290. The van der Waals surface area contributed by atoms with E-state index in [4.69, 9.17) is 5.21 Å². The lowest BCUT2D eigenvalue weighted by atomic mass is 10.0. The first-order valence-electron chi connectivity index (χ1n) is 8.69. The lowest BCUT2D eigenvalue weighted by Gasteiger charge is -2.09. The SMILES string of the molecule is CC(=NO)c1cccc(-c2ccc3cnn(-c4cccc(C(F)(F)F)n4)c3c2)c1. The van der Waals surface area contributed by atoms with Crippen molar-refractivity contribution in [2.75, 3.05) is 0 Å². The molecule has 0 aliphatic carbocycles. The zero-order valence-corrected chi connectivity index (χ0v) is 15.2. The molecule has 0 aliphatic rings. The number of fused-ring (bicyclic) bond motifs is 1. The second kappa shape index (κ2) is 7.05. The van der Waals surface area contributed by atoms with E-state index in [2.05, 4.69) is 15.2 Å². The minimum absolute atomic E-state index is 0.0870. The van der Waals surface area contributed by atoms with Gasteiger partial charge in [-0.25, -0.2) is 9.67 Å². The number of hydrogen-bond acceptors (Lipinski definition) is 4. The van der Waals surface area contributed by atoms with Gasteiger partial charge in [-0.2, -0.15) is 18.3 Å². The topological polar surface area (TPSA) is 63.3 Å². The maximum Gasteiger partial charge on any atom is 0.433 e. The Balaban J connectivity index is 1.82. The van der Waals surface area contributed by atoms with E-state index < -0.39 is 11.9 Å². The van der Waals surface area contributed by atoms with Crippen molar-refractivity contribution in [1.82, 2.24) is 14.8 Å². The zero-order chi connectivity index (χ0) is 20.6. The number of nitrogens with zero attached hydrogens (tertiary/aromatic N) is 4. The van der Waals surface area contributed by atoms with Gasteiger partial charge < -0.3 is 5.21 Å². The Labute approximate surface area is 163 Å². The molecule has 0 amide bonds. The highest BCUT2D eigenvalue weighted by Crippen LogP contribution is 2.30. The van der Waals surface area contributed by atoms with Crippen molar-refractivity contribution in [3.63, 3.8) is 0 Å². The Morgan fingerprint density at radius 1 is 1.00 bits per heavy atom. The van der Waals surface area contributed by atoms with Crippen LogP contribution in [0, 0.1) is 0 Å². The third kappa shape index (κ3) is 3.56. The van der Waals surface area contributed by atoms with E-state index in [1.807, 2.05) is 42.5 Å². The molecule has 0 saturated heterocycles. The molecule has 4 rings (SSSR count). The summed E-state index contributed by atoms with van der Waals surface area (Å²) in [6.45, 7) is 1.69. The predicted molar refractivity (Wildman–Crippen MR) is 103 cm³/mol. The van der Waals surface area contributed by atoms with Gasteiger partial charge in [-0.15, -0.1) is 0 Å². The van der Waals surface area contributed by atoms with Crippen LogP contribution in [0.5, 0.6) is 0 Å². The highest BCUT2D eigenvalue weighted by Gasteiger charge is 2.32. The molecule has 4 aromatic rings. The van der Waals surface area contributed by atoms with Crippen LogP contribution in [-0.2, 0) is 6.18 Å². The van der Waals surface area contributed by atoms with Crippen molar-refractivity contribution in [1.29, 1.82) is 0 Å². The second-order valence-electron chi connectivity index (χ2n) is 6.47. The van der Waals surface area contributed by atoms with E-state index in [1.54, 1.807) is 13.1 Å². The molecular weight excluding hydrogens is 381 g/mol. The van der Waals surface area contributed by atoms with Crippen molar-refractivity contribution in [3.8, 4) is 16.9 Å². The van der Waals surface area contributed by atoms with Crippen molar-refractivity contribution < 1.29 is 18.4 Å². The molecule has 8 heteroatoms. The van der Waals surface area contributed by atoms with E-state index in [0.29, 0.717) is 11.2 Å². The summed E-state index contributed by atoms with van der Waals surface area (Å²) >= 11 is 0. The molecule has 0 radical (unpaired) electrons. The number of halogens is 3. The van der Waals surface area contributed by atoms with E-state index >= 15 is 0 Å². The van der Waals surface area contributed by atoms with Gasteiger partial charge in [0.25, 0.3) is 0 Å². The summed E-state index contributed by atoms with van der Waals surface area (Å²) < 4.78 is 40.5. The molecule has 0 atom stereocenters. The summed E-state index contributed by atoms with van der Waals surface area (Å²) in [5, 5.41) is 17.2. The van der Waals surface area contributed by atoms with Gasteiger partial charge in [0.2, 0.25) is 0 Å². The fraction of sp³-hybridized carbons (Fsp3) is 0.0952. The van der Waals surface area contributed by atoms with Crippen LogP contribution >= 0.6 is 0 Å². The smallest absolute Gasteiger partial charge is 0.411 e. The van der Waals surface area contributed by atoms with E-state index in [1.165, 1.54) is 16.8 Å². The molecule has 0 fully saturated rings. The van der Waals surface area contributed by atoms with E-state index in [9.17, 15) is 13.2 Å². The Hall–Kier alpha value is -3.68. The molecule has 146 valence electrons. The number of oxime groups is 1. The highest BCUT2D eigenvalue weighted by molar-refractivity contribution is 5.99. The van der Waals surface area contributed by atoms with E-state index in [-0.39, 0.29) is 5.82 Å². The summed E-state index contributed by atoms with van der Waals surface area (Å²) in [7, 11) is 0. The van der Waals surface area contributed by atoms with Crippen LogP contribution < -0.4 is 0 Å². The van der Waals surface area contributed by atoms with Gasteiger partial charge >= 0.3 is 6.18 Å². The number of alkyl halides is 3. The van der Waals surface area contributed by atoms with Gasteiger partial charge in [-0.3, -0.25) is 0 Å². The standard InChI is InChI=1S/C21H15F3N4O/c1-13(27-29)14-4-2-5-15(10-14)16-8-9-17-12-25-28(18(17)11-16)20-7-3-6-19(26-20)21(22,23)24/h2-12,29H,1H3. The van der Waals surface area contributed by atoms with Gasteiger partial charge in [-0.1, -0.05) is 41.6 Å². The minimum atomic E-state index is -4.53. The lowest BCUT2D eigenvalue weighted by molar-refractivity contribution is -0.141. The van der Waals surface area contributed by atoms with Crippen LogP contribution in [-0.4, -0.2) is 25.7 Å². The summed E-state index contributed by atoms with van der Waals surface area (Å²) in [5.41, 5.74) is 2.62. The number of pyridine rings is 1. The van der Waals surface area contributed by atoms with Crippen LogP contribution in [0.2, 0.25) is 0 Å². The van der Waals surface area contributed by atoms with Crippen LogP contribution in [0.4, 0.5) is 13.2 Å². The van der Waals surface area contributed by atoms with Gasteiger partial charge in [0, 0.05) is 5.39 Å².